The van der Waals surface area contributed by atoms with E-state index in [4.69, 9.17) is 0 Å². The summed E-state index contributed by atoms with van der Waals surface area (Å²) in [5, 5.41) is 1.60. The fraction of sp³-hybridized carbons (Fsp3) is 0.200. The van der Waals surface area contributed by atoms with E-state index in [-0.39, 0.29) is 0 Å². The molecular formula is C5H4BrFO2S2. The Bertz CT molecular complexity index is 343. The first-order valence-corrected chi connectivity index (χ1v) is 5.85. The van der Waals surface area contributed by atoms with Crippen molar-refractivity contribution in [3.63, 3.8) is 0 Å². The topological polar surface area (TPSA) is 34.1 Å². The van der Waals surface area contributed by atoms with Gasteiger partial charge < -0.3 is 0 Å². The van der Waals surface area contributed by atoms with Gasteiger partial charge in [-0.15, -0.1) is 15.2 Å². The maximum absolute atomic E-state index is 12.0. The molecule has 0 spiro atoms. The van der Waals surface area contributed by atoms with Crippen molar-refractivity contribution in [2.24, 2.45) is 0 Å². The molecule has 0 aliphatic rings. The predicted molar refractivity (Wildman–Crippen MR) is 45.8 cm³/mol. The summed E-state index contributed by atoms with van der Waals surface area (Å²) in [6.07, 6.45) is 0. The van der Waals surface area contributed by atoms with E-state index in [9.17, 15) is 12.3 Å². The summed E-state index contributed by atoms with van der Waals surface area (Å²) in [7, 11) is -4.38. The van der Waals surface area contributed by atoms with Gasteiger partial charge >= 0.3 is 10.2 Å². The maximum atomic E-state index is 12.0. The van der Waals surface area contributed by atoms with Crippen LogP contribution in [0.3, 0.4) is 0 Å². The van der Waals surface area contributed by atoms with Gasteiger partial charge in [-0.05, 0) is 32.9 Å². The van der Waals surface area contributed by atoms with Crippen LogP contribution in [0.1, 0.15) is 5.56 Å². The summed E-state index contributed by atoms with van der Waals surface area (Å²) in [4.78, 5) is 0. The molecule has 0 saturated carbocycles. The second-order valence-electron chi connectivity index (χ2n) is 1.94. The smallest absolute Gasteiger partial charge is 0.194 e. The lowest BCUT2D eigenvalue weighted by atomic mass is 10.4. The molecule has 0 atom stereocenters. The van der Waals surface area contributed by atoms with Crippen LogP contribution in [-0.4, -0.2) is 8.42 Å². The Kier molecular flexibility index (Phi) is 2.66. The average Bonchev–Trinajstić information content (AvgIpc) is 2.10. The molecule has 0 N–H and O–H groups in total. The molecule has 62 valence electrons. The zero-order chi connectivity index (χ0) is 8.48. The van der Waals surface area contributed by atoms with E-state index in [1.807, 2.05) is 0 Å². The first-order valence-electron chi connectivity index (χ1n) is 2.62. The Morgan fingerprint density at radius 3 is 2.64 bits per heavy atom. The van der Waals surface area contributed by atoms with E-state index in [0.717, 1.165) is 3.79 Å². The summed E-state index contributed by atoms with van der Waals surface area (Å²) in [5.74, 6) is -0.533. The van der Waals surface area contributed by atoms with E-state index in [0.29, 0.717) is 5.56 Å². The first-order chi connectivity index (χ1) is 4.97. The minimum absolute atomic E-state index is 0.476. The van der Waals surface area contributed by atoms with Crippen molar-refractivity contribution < 1.29 is 12.3 Å². The van der Waals surface area contributed by atoms with Gasteiger partial charge in [0, 0.05) is 0 Å². The number of hydrogen-bond donors (Lipinski definition) is 0. The molecular weight excluding hydrogens is 255 g/mol. The van der Waals surface area contributed by atoms with Crippen LogP contribution in [0.2, 0.25) is 0 Å². The van der Waals surface area contributed by atoms with Gasteiger partial charge in [0.25, 0.3) is 0 Å². The third-order valence-corrected chi connectivity index (χ3v) is 3.19. The molecule has 0 radical (unpaired) electrons. The van der Waals surface area contributed by atoms with Crippen LogP contribution < -0.4 is 0 Å². The van der Waals surface area contributed by atoms with Crippen LogP contribution in [0.5, 0.6) is 0 Å². The van der Waals surface area contributed by atoms with Crippen LogP contribution in [0.15, 0.2) is 15.2 Å². The molecule has 2 nitrogen and oxygen atoms in total. The molecule has 0 bridgehead atoms. The summed E-state index contributed by atoms with van der Waals surface area (Å²) in [5.41, 5.74) is 0.476. The quantitative estimate of drug-likeness (QED) is 0.764. The molecule has 11 heavy (non-hydrogen) atoms. The van der Waals surface area contributed by atoms with Gasteiger partial charge in [-0.25, -0.2) is 0 Å². The molecule has 6 heteroatoms. The molecule has 1 rings (SSSR count). The number of hydrogen-bond acceptors (Lipinski definition) is 3. The van der Waals surface area contributed by atoms with Crippen molar-refractivity contribution in [2.75, 3.05) is 0 Å². The highest BCUT2D eigenvalue weighted by Crippen LogP contribution is 2.22. The van der Waals surface area contributed by atoms with E-state index >= 15 is 0 Å². The standard InChI is InChI=1S/C5H4BrFO2S2/c6-5-1-4(2-10-5)3-11(7,8)9/h1-2H,3H2. The van der Waals surface area contributed by atoms with Gasteiger partial charge in [0.15, 0.2) is 0 Å². The van der Waals surface area contributed by atoms with Gasteiger partial charge in [-0.3, -0.25) is 0 Å². The molecule has 1 heterocycles. The van der Waals surface area contributed by atoms with Crippen molar-refractivity contribution in [2.45, 2.75) is 5.75 Å². The van der Waals surface area contributed by atoms with Crippen LogP contribution >= 0.6 is 27.3 Å². The van der Waals surface area contributed by atoms with Crippen LogP contribution in [-0.2, 0) is 16.0 Å². The van der Waals surface area contributed by atoms with Gasteiger partial charge in [-0.2, -0.15) is 8.42 Å². The summed E-state index contributed by atoms with van der Waals surface area (Å²) < 4.78 is 33.1. The van der Waals surface area contributed by atoms with Crippen LogP contribution in [0.25, 0.3) is 0 Å². The second-order valence-corrected chi connectivity index (χ2v) is 5.60. The normalized spacial score (nSPS) is 11.8. The molecule has 0 aliphatic carbocycles. The minimum atomic E-state index is -4.38. The second kappa shape index (κ2) is 3.20. The molecule has 1 aromatic heterocycles. The minimum Gasteiger partial charge on any atom is -0.194 e. The lowest BCUT2D eigenvalue weighted by Crippen LogP contribution is -1.93. The molecule has 0 fully saturated rings. The third-order valence-electron chi connectivity index (χ3n) is 0.961. The first kappa shape index (κ1) is 9.15. The van der Waals surface area contributed by atoms with E-state index < -0.39 is 16.0 Å². The van der Waals surface area contributed by atoms with Crippen molar-refractivity contribution >= 4 is 37.5 Å². The summed E-state index contributed by atoms with van der Waals surface area (Å²) in [6, 6.07) is 1.59. The van der Waals surface area contributed by atoms with Crippen molar-refractivity contribution in [3.8, 4) is 0 Å². The van der Waals surface area contributed by atoms with Gasteiger partial charge in [-0.1, -0.05) is 0 Å². The van der Waals surface area contributed by atoms with Crippen LogP contribution in [0.4, 0.5) is 3.89 Å². The van der Waals surface area contributed by atoms with E-state index in [2.05, 4.69) is 15.9 Å². The number of halogens is 2. The lowest BCUT2D eigenvalue weighted by Gasteiger charge is -1.87. The molecule has 0 amide bonds. The zero-order valence-electron chi connectivity index (χ0n) is 5.25. The molecule has 0 aromatic carbocycles. The lowest BCUT2D eigenvalue weighted by molar-refractivity contribution is 0.551. The number of thiophene rings is 1. The molecule has 0 unspecified atom stereocenters. The monoisotopic (exact) mass is 258 g/mol. The Labute approximate surface area is 76.4 Å². The highest BCUT2D eigenvalue weighted by Gasteiger charge is 2.09. The average molecular weight is 259 g/mol. The SMILES string of the molecule is O=S(=O)(F)Cc1csc(Br)c1. The van der Waals surface area contributed by atoms with Crippen molar-refractivity contribution in [3.05, 3.63) is 20.8 Å². The van der Waals surface area contributed by atoms with Gasteiger partial charge in [0.05, 0.1) is 3.79 Å². The largest absolute Gasteiger partial charge is 0.306 e. The Morgan fingerprint density at radius 2 is 2.27 bits per heavy atom. The van der Waals surface area contributed by atoms with Crippen molar-refractivity contribution in [1.29, 1.82) is 0 Å². The Morgan fingerprint density at radius 1 is 1.64 bits per heavy atom. The van der Waals surface area contributed by atoms with Crippen molar-refractivity contribution in [1.82, 2.24) is 0 Å². The summed E-state index contributed by atoms with van der Waals surface area (Å²) in [6.45, 7) is 0. The zero-order valence-corrected chi connectivity index (χ0v) is 8.47. The summed E-state index contributed by atoms with van der Waals surface area (Å²) >= 11 is 4.47. The number of rotatable bonds is 2. The third kappa shape index (κ3) is 3.31. The Hall–Kier alpha value is 0.0600. The van der Waals surface area contributed by atoms with Gasteiger partial charge in [0.2, 0.25) is 0 Å². The Balaban J connectivity index is 2.81. The molecule has 0 aliphatic heterocycles. The van der Waals surface area contributed by atoms with E-state index in [1.165, 1.54) is 11.3 Å². The predicted octanol–water partition coefficient (Wildman–Crippen LogP) is 2.31. The fourth-order valence-corrected chi connectivity index (χ4v) is 2.50. The highest BCUT2D eigenvalue weighted by molar-refractivity contribution is 9.11. The van der Waals surface area contributed by atoms with Gasteiger partial charge in [0.1, 0.15) is 5.75 Å². The molecule has 0 saturated heterocycles. The highest BCUT2D eigenvalue weighted by atomic mass is 79.9. The van der Waals surface area contributed by atoms with E-state index in [1.54, 1.807) is 11.4 Å². The molecule has 1 aromatic rings. The van der Waals surface area contributed by atoms with Crippen LogP contribution in [0, 0.1) is 0 Å². The fourth-order valence-electron chi connectivity index (χ4n) is 0.621. The maximum Gasteiger partial charge on any atom is 0.306 e.